The molecule has 0 saturated carbocycles. The molecule has 1 atom stereocenters. The molecule has 1 unspecified atom stereocenters. The number of amides is 2. The Morgan fingerprint density at radius 2 is 2.04 bits per heavy atom. The third-order valence-electron chi connectivity index (χ3n) is 4.44. The van der Waals surface area contributed by atoms with Crippen LogP contribution in [0.4, 0.5) is 11.4 Å². The van der Waals surface area contributed by atoms with Crippen LogP contribution in [0.1, 0.15) is 25.3 Å². The van der Waals surface area contributed by atoms with Crippen molar-refractivity contribution < 1.29 is 18.0 Å². The van der Waals surface area contributed by atoms with Crippen LogP contribution in [0.5, 0.6) is 0 Å². The van der Waals surface area contributed by atoms with Crippen LogP contribution in [0.2, 0.25) is 0 Å². The van der Waals surface area contributed by atoms with Gasteiger partial charge in [-0.15, -0.1) is 11.8 Å². The fourth-order valence-corrected chi connectivity index (χ4v) is 5.23. The van der Waals surface area contributed by atoms with E-state index < -0.39 is 15.1 Å². The van der Waals surface area contributed by atoms with Crippen molar-refractivity contribution in [3.8, 4) is 0 Å². The van der Waals surface area contributed by atoms with Crippen LogP contribution < -0.4 is 10.6 Å². The van der Waals surface area contributed by atoms with E-state index in [0.29, 0.717) is 23.5 Å². The zero-order valence-corrected chi connectivity index (χ0v) is 17.3. The molecule has 148 valence electrons. The summed E-state index contributed by atoms with van der Waals surface area (Å²) >= 11 is 1.51. The molecule has 3 rings (SSSR count). The molecule has 0 bridgehead atoms. The minimum Gasteiger partial charge on any atom is -0.326 e. The van der Waals surface area contributed by atoms with E-state index in [1.807, 2.05) is 25.1 Å². The van der Waals surface area contributed by atoms with E-state index in [1.165, 1.54) is 30.8 Å². The van der Waals surface area contributed by atoms with Gasteiger partial charge in [0.25, 0.3) is 0 Å². The lowest BCUT2D eigenvalue weighted by Crippen LogP contribution is -2.25. The Hall–Kier alpha value is -2.32. The van der Waals surface area contributed by atoms with Gasteiger partial charge in [0.2, 0.25) is 11.8 Å². The highest BCUT2D eigenvalue weighted by molar-refractivity contribution is 7.99. The van der Waals surface area contributed by atoms with Crippen molar-refractivity contribution in [2.75, 3.05) is 16.4 Å². The molecular formula is C20H22N2O4S2. The Bertz CT molecular complexity index is 1020. The van der Waals surface area contributed by atoms with Crippen molar-refractivity contribution in [2.24, 2.45) is 0 Å². The number of hydrogen-bond acceptors (Lipinski definition) is 5. The average molecular weight is 419 g/mol. The van der Waals surface area contributed by atoms with Crippen LogP contribution in [-0.2, 0) is 19.4 Å². The first kappa shape index (κ1) is 20.4. The first-order valence-corrected chi connectivity index (χ1v) is 11.5. The quantitative estimate of drug-likeness (QED) is 0.774. The number of carbonyl (C=O) groups is 2. The van der Waals surface area contributed by atoms with Gasteiger partial charge >= 0.3 is 0 Å². The molecule has 0 aromatic heterocycles. The fourth-order valence-electron chi connectivity index (χ4n) is 2.91. The second kappa shape index (κ2) is 8.36. The van der Waals surface area contributed by atoms with Gasteiger partial charge in [-0.2, -0.15) is 0 Å². The van der Waals surface area contributed by atoms with Crippen molar-refractivity contribution in [1.82, 2.24) is 0 Å². The van der Waals surface area contributed by atoms with Gasteiger partial charge in [-0.05, 0) is 49.7 Å². The monoisotopic (exact) mass is 418 g/mol. The smallest absolute Gasteiger partial charge is 0.225 e. The Labute approximate surface area is 169 Å². The number of nitrogens with one attached hydrogen (secondary N) is 2. The predicted molar refractivity (Wildman–Crippen MR) is 111 cm³/mol. The highest BCUT2D eigenvalue weighted by Gasteiger charge is 2.27. The molecule has 8 heteroatoms. The van der Waals surface area contributed by atoms with E-state index in [1.54, 1.807) is 12.1 Å². The van der Waals surface area contributed by atoms with Gasteiger partial charge in [0.05, 0.1) is 15.8 Å². The molecule has 28 heavy (non-hydrogen) atoms. The lowest BCUT2D eigenvalue weighted by molar-refractivity contribution is -0.116. The topological polar surface area (TPSA) is 92.3 Å². The molecule has 0 saturated heterocycles. The van der Waals surface area contributed by atoms with Crippen LogP contribution in [0.25, 0.3) is 0 Å². The molecule has 1 aliphatic heterocycles. The van der Waals surface area contributed by atoms with E-state index >= 15 is 0 Å². The molecule has 2 amide bonds. The summed E-state index contributed by atoms with van der Waals surface area (Å²) < 4.78 is 25.9. The molecule has 1 heterocycles. The predicted octanol–water partition coefficient (Wildman–Crippen LogP) is 3.62. The summed E-state index contributed by atoms with van der Waals surface area (Å²) in [7, 11) is -3.72. The Balaban J connectivity index is 1.74. The molecule has 2 aromatic carbocycles. The number of sulfone groups is 1. The maximum absolute atomic E-state index is 12.9. The summed E-state index contributed by atoms with van der Waals surface area (Å²) in [5, 5.41) is 4.59. The molecule has 6 nitrogen and oxygen atoms in total. The minimum atomic E-state index is -3.72. The van der Waals surface area contributed by atoms with E-state index in [-0.39, 0.29) is 23.1 Å². The van der Waals surface area contributed by atoms with Crippen molar-refractivity contribution in [3.05, 3.63) is 48.0 Å². The van der Waals surface area contributed by atoms with E-state index in [2.05, 4.69) is 10.6 Å². The third-order valence-corrected chi connectivity index (χ3v) is 7.66. The third kappa shape index (κ3) is 4.74. The molecule has 0 radical (unpaired) electrons. The Morgan fingerprint density at radius 1 is 1.25 bits per heavy atom. The van der Waals surface area contributed by atoms with Crippen LogP contribution in [0.3, 0.4) is 0 Å². The summed E-state index contributed by atoms with van der Waals surface area (Å²) in [4.78, 5) is 25.0. The van der Waals surface area contributed by atoms with Crippen LogP contribution in [0, 0.1) is 6.92 Å². The number of rotatable bonds is 5. The van der Waals surface area contributed by atoms with Gasteiger partial charge in [-0.1, -0.05) is 12.1 Å². The lowest BCUT2D eigenvalue weighted by Gasteiger charge is -2.15. The number of carbonyl (C=O) groups excluding carboxylic acids is 2. The number of fused-ring (bicyclic) bond motifs is 1. The zero-order chi connectivity index (χ0) is 20.3. The number of benzene rings is 2. The molecule has 2 aromatic rings. The molecule has 0 spiro atoms. The largest absolute Gasteiger partial charge is 0.326 e. The zero-order valence-electron chi connectivity index (χ0n) is 15.7. The maximum atomic E-state index is 12.9. The SMILES string of the molecule is Cc1cccc(NC(=O)CC(C)S(=O)(=O)c2ccc3c(c2)NC(=O)CCS3)c1. The maximum Gasteiger partial charge on any atom is 0.225 e. The molecule has 0 aliphatic carbocycles. The van der Waals surface area contributed by atoms with Gasteiger partial charge in [0, 0.05) is 29.2 Å². The number of hydrogen-bond donors (Lipinski definition) is 2. The minimum absolute atomic E-state index is 0.102. The van der Waals surface area contributed by atoms with Crippen LogP contribution in [-0.4, -0.2) is 31.2 Å². The van der Waals surface area contributed by atoms with Crippen molar-refractivity contribution >= 4 is 44.8 Å². The summed E-state index contributed by atoms with van der Waals surface area (Å²) in [6.45, 7) is 3.43. The Kier molecular flexibility index (Phi) is 6.10. The van der Waals surface area contributed by atoms with Crippen LogP contribution >= 0.6 is 11.8 Å². The number of anilines is 2. The molecule has 2 N–H and O–H groups in total. The summed E-state index contributed by atoms with van der Waals surface area (Å²) in [5.41, 5.74) is 2.15. The van der Waals surface area contributed by atoms with Crippen molar-refractivity contribution in [1.29, 1.82) is 0 Å². The standard InChI is InChI=1S/C20H22N2O4S2/c1-13-4-3-5-15(10-13)21-20(24)11-14(2)28(25,26)16-6-7-18-17(12-16)22-19(23)8-9-27-18/h3-7,10,12,14H,8-9,11H2,1-2H3,(H,21,24)(H,22,23). The highest BCUT2D eigenvalue weighted by atomic mass is 32.2. The summed E-state index contributed by atoms with van der Waals surface area (Å²) in [5.74, 6) is 0.159. The van der Waals surface area contributed by atoms with Crippen LogP contribution in [0.15, 0.2) is 52.3 Å². The highest BCUT2D eigenvalue weighted by Crippen LogP contribution is 2.33. The first-order chi connectivity index (χ1) is 13.3. The van der Waals surface area contributed by atoms with E-state index in [9.17, 15) is 18.0 Å². The summed E-state index contributed by atoms with van der Waals surface area (Å²) in [6.07, 6.45) is 0.228. The van der Waals surface area contributed by atoms with Gasteiger partial charge in [0.1, 0.15) is 0 Å². The fraction of sp³-hybridized carbons (Fsp3) is 0.300. The van der Waals surface area contributed by atoms with Gasteiger partial charge < -0.3 is 10.6 Å². The van der Waals surface area contributed by atoms with Gasteiger partial charge in [-0.3, -0.25) is 9.59 Å². The number of thioether (sulfide) groups is 1. The number of aryl methyl sites for hydroxylation is 1. The molecule has 0 fully saturated rings. The van der Waals surface area contributed by atoms with Crippen molar-refractivity contribution in [3.63, 3.8) is 0 Å². The normalized spacial score (nSPS) is 15.1. The van der Waals surface area contributed by atoms with Crippen molar-refractivity contribution in [2.45, 2.75) is 41.7 Å². The van der Waals surface area contributed by atoms with E-state index in [4.69, 9.17) is 0 Å². The molecular weight excluding hydrogens is 396 g/mol. The lowest BCUT2D eigenvalue weighted by atomic mass is 10.2. The Morgan fingerprint density at radius 3 is 2.79 bits per heavy atom. The second-order valence-corrected chi connectivity index (χ2v) is 10.3. The van der Waals surface area contributed by atoms with Gasteiger partial charge in [0.15, 0.2) is 9.84 Å². The first-order valence-electron chi connectivity index (χ1n) is 8.93. The average Bonchev–Trinajstić information content (AvgIpc) is 2.81. The van der Waals surface area contributed by atoms with E-state index in [0.717, 1.165) is 10.5 Å². The second-order valence-electron chi connectivity index (χ2n) is 6.78. The summed E-state index contributed by atoms with van der Waals surface area (Å²) in [6, 6.07) is 12.0. The van der Waals surface area contributed by atoms with Gasteiger partial charge in [-0.25, -0.2) is 8.42 Å². The molecule has 1 aliphatic rings.